The molecule has 1 amide bonds. The largest absolute Gasteiger partial charge is 0.347 e. The molecule has 0 aliphatic carbocycles. The minimum absolute atomic E-state index is 0.130. The van der Waals surface area contributed by atoms with Gasteiger partial charge in [0.1, 0.15) is 16.3 Å². The van der Waals surface area contributed by atoms with E-state index in [1.54, 1.807) is 0 Å². The molecule has 9 heteroatoms. The Bertz CT molecular complexity index is 673. The molecule has 0 spiro atoms. The molecule has 0 aliphatic rings. The molecule has 0 saturated heterocycles. The number of amides is 1. The zero-order chi connectivity index (χ0) is 16.6. The molecule has 0 unspecified atom stereocenters. The third-order valence-electron chi connectivity index (χ3n) is 2.59. The van der Waals surface area contributed by atoms with Crippen LogP contribution in [0.4, 0.5) is 13.2 Å². The summed E-state index contributed by atoms with van der Waals surface area (Å²) in [5.41, 5.74) is -1.58. The predicted octanol–water partition coefficient (Wildman–Crippen LogP) is 1.25. The molecule has 0 atom stereocenters. The van der Waals surface area contributed by atoms with Crippen LogP contribution in [0, 0.1) is 17.5 Å². The van der Waals surface area contributed by atoms with E-state index in [9.17, 15) is 26.4 Å². The predicted molar refractivity (Wildman–Crippen MR) is 69.4 cm³/mol. The molecule has 0 heterocycles. The van der Waals surface area contributed by atoms with E-state index in [0.717, 1.165) is 4.90 Å². The minimum Gasteiger partial charge on any atom is -0.347 e. The zero-order valence-corrected chi connectivity index (χ0v) is 12.7. The lowest BCUT2D eigenvalue weighted by molar-refractivity contribution is -0.133. The molecular weight excluding hydrogens is 309 g/mol. The van der Waals surface area contributed by atoms with Crippen molar-refractivity contribution in [3.63, 3.8) is 0 Å². The Morgan fingerprint density at radius 3 is 2.05 bits per heavy atom. The van der Waals surface area contributed by atoms with Crippen LogP contribution in [0.15, 0.2) is 17.0 Å². The van der Waals surface area contributed by atoms with Crippen LogP contribution in [0.1, 0.15) is 13.8 Å². The number of sulfonamides is 1. The second-order valence-electron chi connectivity index (χ2n) is 5.13. The third-order valence-corrected chi connectivity index (χ3v) is 4.27. The lowest BCUT2D eigenvalue weighted by atomic mass is 10.1. The Morgan fingerprint density at radius 1 is 1.10 bits per heavy atom. The van der Waals surface area contributed by atoms with Crippen molar-refractivity contribution < 1.29 is 26.4 Å². The molecule has 0 bridgehead atoms. The van der Waals surface area contributed by atoms with E-state index in [0.29, 0.717) is 0 Å². The molecule has 0 saturated carbocycles. The van der Waals surface area contributed by atoms with E-state index < -0.39 is 43.8 Å². The number of likely N-dealkylation sites (N-methyl/N-ethyl adjacent to an activating group) is 1. The van der Waals surface area contributed by atoms with Gasteiger partial charge in [-0.3, -0.25) is 4.79 Å². The quantitative estimate of drug-likeness (QED) is 0.848. The topological polar surface area (TPSA) is 66.5 Å². The number of carbonyl (C=O) groups is 1. The monoisotopic (exact) mass is 324 g/mol. The van der Waals surface area contributed by atoms with Crippen LogP contribution in [0.5, 0.6) is 0 Å². The summed E-state index contributed by atoms with van der Waals surface area (Å²) in [6.07, 6.45) is 0. The van der Waals surface area contributed by atoms with Crippen LogP contribution in [-0.4, -0.2) is 38.9 Å². The van der Waals surface area contributed by atoms with Gasteiger partial charge in [0.05, 0.1) is 0 Å². The van der Waals surface area contributed by atoms with Crippen LogP contribution in [-0.2, 0) is 14.8 Å². The van der Waals surface area contributed by atoms with Gasteiger partial charge >= 0.3 is 0 Å². The van der Waals surface area contributed by atoms with Crippen molar-refractivity contribution in [1.29, 1.82) is 0 Å². The van der Waals surface area contributed by atoms with Crippen molar-refractivity contribution in [1.82, 2.24) is 9.62 Å². The lowest BCUT2D eigenvalue weighted by Crippen LogP contribution is -2.54. The summed E-state index contributed by atoms with van der Waals surface area (Å²) in [7, 11) is -1.72. The second kappa shape index (κ2) is 5.64. The Balaban J connectivity index is 3.25. The van der Waals surface area contributed by atoms with Crippen LogP contribution in [0.3, 0.4) is 0 Å². The number of hydrogen-bond acceptors (Lipinski definition) is 3. The maximum atomic E-state index is 13.5. The Kier molecular flexibility index (Phi) is 4.69. The Morgan fingerprint density at radius 2 is 1.57 bits per heavy atom. The summed E-state index contributed by atoms with van der Waals surface area (Å²) in [6, 6.07) is 0.355. The number of nitrogens with zero attached hydrogens (tertiary/aromatic N) is 1. The fraction of sp³-hybridized carbons (Fsp3) is 0.417. The van der Waals surface area contributed by atoms with Gasteiger partial charge in [0.2, 0.25) is 15.9 Å². The van der Waals surface area contributed by atoms with E-state index in [1.165, 1.54) is 27.9 Å². The van der Waals surface area contributed by atoms with Crippen molar-refractivity contribution in [2.75, 3.05) is 14.1 Å². The first-order valence-electron chi connectivity index (χ1n) is 5.79. The van der Waals surface area contributed by atoms with Crippen molar-refractivity contribution in [3.05, 3.63) is 29.6 Å². The lowest BCUT2D eigenvalue weighted by Gasteiger charge is -2.27. The maximum absolute atomic E-state index is 13.5. The van der Waals surface area contributed by atoms with Gasteiger partial charge in [-0.25, -0.2) is 21.6 Å². The van der Waals surface area contributed by atoms with E-state index in [4.69, 9.17) is 0 Å². The normalized spacial score (nSPS) is 12.3. The molecule has 0 fully saturated rings. The number of nitrogens with one attached hydrogen (secondary N) is 1. The highest BCUT2D eigenvalue weighted by Crippen LogP contribution is 2.20. The highest BCUT2D eigenvalue weighted by atomic mass is 32.2. The van der Waals surface area contributed by atoms with E-state index >= 15 is 0 Å². The standard InChI is InChI=1S/C12H15F3N2O3S/c1-12(2,11(18)17(3)4)16-21(19,20)10-6-8(14)7(13)5-9(10)15/h5-6,16H,1-4H3. The molecule has 0 aromatic heterocycles. The van der Waals surface area contributed by atoms with Crippen LogP contribution in [0.2, 0.25) is 0 Å². The molecule has 1 aromatic carbocycles. The van der Waals surface area contributed by atoms with Crippen molar-refractivity contribution in [3.8, 4) is 0 Å². The fourth-order valence-electron chi connectivity index (χ4n) is 1.70. The molecule has 1 rings (SSSR count). The molecule has 0 radical (unpaired) electrons. The molecule has 1 aromatic rings. The number of rotatable bonds is 4. The maximum Gasteiger partial charge on any atom is 0.244 e. The van der Waals surface area contributed by atoms with Gasteiger partial charge in [0, 0.05) is 20.2 Å². The molecular formula is C12H15F3N2O3S. The number of benzene rings is 1. The van der Waals surface area contributed by atoms with Gasteiger partial charge in [-0.1, -0.05) is 0 Å². The first kappa shape index (κ1) is 17.4. The molecule has 0 aliphatic heterocycles. The first-order chi connectivity index (χ1) is 9.38. The summed E-state index contributed by atoms with van der Waals surface area (Å²) >= 11 is 0. The first-order valence-corrected chi connectivity index (χ1v) is 7.27. The molecule has 118 valence electrons. The summed E-state index contributed by atoms with van der Waals surface area (Å²) in [4.78, 5) is 11.9. The van der Waals surface area contributed by atoms with Gasteiger partial charge in [-0.15, -0.1) is 0 Å². The fourth-order valence-corrected chi connectivity index (χ4v) is 3.15. The number of hydrogen-bond donors (Lipinski definition) is 1. The summed E-state index contributed by atoms with van der Waals surface area (Å²) < 4.78 is 65.5. The average Bonchev–Trinajstić information content (AvgIpc) is 2.31. The van der Waals surface area contributed by atoms with Gasteiger partial charge in [-0.05, 0) is 19.9 Å². The van der Waals surface area contributed by atoms with Crippen LogP contribution >= 0.6 is 0 Å². The third kappa shape index (κ3) is 3.73. The number of halogens is 3. The van der Waals surface area contributed by atoms with Crippen LogP contribution in [0.25, 0.3) is 0 Å². The molecule has 1 N–H and O–H groups in total. The van der Waals surface area contributed by atoms with E-state index in [-0.39, 0.29) is 12.1 Å². The minimum atomic E-state index is -4.55. The highest BCUT2D eigenvalue weighted by molar-refractivity contribution is 7.89. The van der Waals surface area contributed by atoms with Gasteiger partial charge in [0.15, 0.2) is 11.6 Å². The zero-order valence-electron chi connectivity index (χ0n) is 11.9. The van der Waals surface area contributed by atoms with E-state index in [1.807, 2.05) is 4.72 Å². The Hall–Kier alpha value is -1.61. The van der Waals surface area contributed by atoms with Crippen molar-refractivity contribution in [2.45, 2.75) is 24.3 Å². The SMILES string of the molecule is CN(C)C(=O)C(C)(C)NS(=O)(=O)c1cc(F)c(F)cc1F. The van der Waals surface area contributed by atoms with Crippen LogP contribution < -0.4 is 4.72 Å². The van der Waals surface area contributed by atoms with Crippen molar-refractivity contribution >= 4 is 15.9 Å². The number of carbonyl (C=O) groups excluding carboxylic acids is 1. The molecule has 5 nitrogen and oxygen atoms in total. The Labute approximate surface area is 120 Å². The van der Waals surface area contributed by atoms with Crippen molar-refractivity contribution in [2.24, 2.45) is 0 Å². The second-order valence-corrected chi connectivity index (χ2v) is 6.78. The van der Waals surface area contributed by atoms with Gasteiger partial charge < -0.3 is 4.90 Å². The van der Waals surface area contributed by atoms with Gasteiger partial charge in [0.25, 0.3) is 0 Å². The highest BCUT2D eigenvalue weighted by Gasteiger charge is 2.35. The average molecular weight is 324 g/mol. The summed E-state index contributed by atoms with van der Waals surface area (Å²) in [6.45, 7) is 2.54. The smallest absolute Gasteiger partial charge is 0.244 e. The van der Waals surface area contributed by atoms with Gasteiger partial charge in [-0.2, -0.15) is 4.72 Å². The summed E-state index contributed by atoms with van der Waals surface area (Å²) in [5, 5.41) is 0. The van der Waals surface area contributed by atoms with E-state index in [2.05, 4.69) is 0 Å². The molecule has 21 heavy (non-hydrogen) atoms. The summed E-state index contributed by atoms with van der Waals surface area (Å²) in [5.74, 6) is -5.05.